The van der Waals surface area contributed by atoms with Gasteiger partial charge in [0, 0.05) is 29.4 Å². The zero-order chi connectivity index (χ0) is 14.7. The minimum atomic E-state index is -0.167. The number of nitrogens with zero attached hydrogens (tertiary/aromatic N) is 1. The van der Waals surface area contributed by atoms with Crippen molar-refractivity contribution in [3.63, 3.8) is 0 Å². The molecule has 1 aliphatic heterocycles. The molecule has 106 valence electrons. The summed E-state index contributed by atoms with van der Waals surface area (Å²) < 4.78 is 0. The van der Waals surface area contributed by atoms with Crippen LogP contribution in [0.4, 0.5) is 5.69 Å². The molecule has 21 heavy (non-hydrogen) atoms. The standard InChI is InChI=1S/C15H13N3O2S/c19-14-9-21-13-2-1-11(7-12(13)18-14)15(20)17-8-10-3-5-16-6-4-10/h1-7H,8-9H2,(H,17,20)(H,18,19). The maximum atomic E-state index is 12.1. The largest absolute Gasteiger partial charge is 0.348 e. The highest BCUT2D eigenvalue weighted by Gasteiger charge is 2.17. The van der Waals surface area contributed by atoms with Crippen molar-refractivity contribution in [1.82, 2.24) is 10.3 Å². The molecule has 0 radical (unpaired) electrons. The second kappa shape index (κ2) is 5.97. The molecule has 0 aliphatic carbocycles. The van der Waals surface area contributed by atoms with Crippen LogP contribution in [-0.4, -0.2) is 22.6 Å². The average Bonchev–Trinajstić information content (AvgIpc) is 2.53. The Labute approximate surface area is 126 Å². The highest BCUT2D eigenvalue weighted by molar-refractivity contribution is 8.00. The van der Waals surface area contributed by atoms with E-state index in [1.54, 1.807) is 24.5 Å². The van der Waals surface area contributed by atoms with E-state index < -0.39 is 0 Å². The Kier molecular flexibility index (Phi) is 3.87. The molecule has 0 fully saturated rings. The Morgan fingerprint density at radius 2 is 2.10 bits per heavy atom. The predicted molar refractivity (Wildman–Crippen MR) is 81.2 cm³/mol. The van der Waals surface area contributed by atoms with E-state index in [0.29, 0.717) is 23.5 Å². The first kappa shape index (κ1) is 13.6. The number of benzene rings is 1. The van der Waals surface area contributed by atoms with Crippen LogP contribution in [0.3, 0.4) is 0 Å². The van der Waals surface area contributed by atoms with Crippen LogP contribution in [0, 0.1) is 0 Å². The summed E-state index contributed by atoms with van der Waals surface area (Å²) in [5.41, 5.74) is 2.22. The fourth-order valence-electron chi connectivity index (χ4n) is 2.01. The Morgan fingerprint density at radius 1 is 1.29 bits per heavy atom. The quantitative estimate of drug-likeness (QED) is 0.910. The first-order valence-electron chi connectivity index (χ1n) is 6.46. The van der Waals surface area contributed by atoms with Crippen LogP contribution in [0.1, 0.15) is 15.9 Å². The summed E-state index contributed by atoms with van der Waals surface area (Å²) >= 11 is 1.48. The molecule has 0 bridgehead atoms. The van der Waals surface area contributed by atoms with Crippen molar-refractivity contribution >= 4 is 29.3 Å². The Morgan fingerprint density at radius 3 is 2.90 bits per heavy atom. The zero-order valence-electron chi connectivity index (χ0n) is 11.1. The number of carbonyl (C=O) groups is 2. The van der Waals surface area contributed by atoms with Crippen molar-refractivity contribution in [2.45, 2.75) is 11.4 Å². The van der Waals surface area contributed by atoms with Gasteiger partial charge in [-0.2, -0.15) is 0 Å². The van der Waals surface area contributed by atoms with Crippen LogP contribution < -0.4 is 10.6 Å². The second-order valence-corrected chi connectivity index (χ2v) is 5.60. The molecule has 0 spiro atoms. The molecular weight excluding hydrogens is 286 g/mol. The predicted octanol–water partition coefficient (Wildman–Crippen LogP) is 2.06. The third kappa shape index (κ3) is 3.22. The Balaban J connectivity index is 1.70. The van der Waals surface area contributed by atoms with E-state index in [9.17, 15) is 9.59 Å². The van der Waals surface area contributed by atoms with Crippen molar-refractivity contribution in [2.24, 2.45) is 0 Å². The number of nitrogens with one attached hydrogen (secondary N) is 2. The van der Waals surface area contributed by atoms with Gasteiger partial charge in [0.25, 0.3) is 5.91 Å². The van der Waals surface area contributed by atoms with Gasteiger partial charge in [-0.05, 0) is 35.9 Å². The van der Waals surface area contributed by atoms with Gasteiger partial charge in [-0.1, -0.05) is 0 Å². The van der Waals surface area contributed by atoms with Crippen LogP contribution in [0.2, 0.25) is 0 Å². The third-order valence-corrected chi connectivity index (χ3v) is 4.15. The van der Waals surface area contributed by atoms with Gasteiger partial charge in [0.1, 0.15) is 0 Å². The Hall–Kier alpha value is -2.34. The van der Waals surface area contributed by atoms with Gasteiger partial charge in [0.2, 0.25) is 5.91 Å². The SMILES string of the molecule is O=C1CSc2ccc(C(=O)NCc3ccncc3)cc2N1. The number of aromatic nitrogens is 1. The lowest BCUT2D eigenvalue weighted by Crippen LogP contribution is -2.24. The molecule has 0 saturated heterocycles. The second-order valence-electron chi connectivity index (χ2n) is 4.59. The van der Waals surface area contributed by atoms with E-state index in [-0.39, 0.29) is 11.8 Å². The molecule has 1 aliphatic rings. The van der Waals surface area contributed by atoms with E-state index in [1.807, 2.05) is 18.2 Å². The van der Waals surface area contributed by atoms with Crippen LogP contribution in [0.5, 0.6) is 0 Å². The fraction of sp³-hybridized carbons (Fsp3) is 0.133. The molecule has 3 rings (SSSR count). The molecule has 2 N–H and O–H groups in total. The lowest BCUT2D eigenvalue weighted by Gasteiger charge is -2.16. The number of carbonyl (C=O) groups excluding carboxylic acids is 2. The van der Waals surface area contributed by atoms with Gasteiger partial charge in [-0.3, -0.25) is 14.6 Å². The van der Waals surface area contributed by atoms with Gasteiger partial charge in [0.05, 0.1) is 11.4 Å². The molecular formula is C15H13N3O2S. The van der Waals surface area contributed by atoms with Crippen LogP contribution in [0.25, 0.3) is 0 Å². The monoisotopic (exact) mass is 299 g/mol. The summed E-state index contributed by atoms with van der Waals surface area (Å²) in [7, 11) is 0. The van der Waals surface area contributed by atoms with Crippen LogP contribution >= 0.6 is 11.8 Å². The highest BCUT2D eigenvalue weighted by atomic mass is 32.2. The van der Waals surface area contributed by atoms with Crippen LogP contribution in [-0.2, 0) is 11.3 Å². The molecule has 0 saturated carbocycles. The minimum Gasteiger partial charge on any atom is -0.348 e. The third-order valence-electron chi connectivity index (χ3n) is 3.08. The van der Waals surface area contributed by atoms with Crippen molar-refractivity contribution in [3.8, 4) is 0 Å². The van der Waals surface area contributed by atoms with Crippen molar-refractivity contribution in [2.75, 3.05) is 11.1 Å². The van der Waals surface area contributed by atoms with Crippen LogP contribution in [0.15, 0.2) is 47.6 Å². The number of fused-ring (bicyclic) bond motifs is 1. The number of hydrogen-bond acceptors (Lipinski definition) is 4. The molecule has 5 nitrogen and oxygen atoms in total. The fourth-order valence-corrected chi connectivity index (χ4v) is 2.80. The summed E-state index contributed by atoms with van der Waals surface area (Å²) in [6, 6.07) is 9.04. The lowest BCUT2D eigenvalue weighted by molar-refractivity contribution is -0.113. The number of thioether (sulfide) groups is 1. The van der Waals surface area contributed by atoms with Gasteiger partial charge >= 0.3 is 0 Å². The summed E-state index contributed by atoms with van der Waals surface area (Å²) in [4.78, 5) is 28.4. The maximum absolute atomic E-state index is 12.1. The molecule has 1 aromatic carbocycles. The number of hydrogen-bond donors (Lipinski definition) is 2. The number of pyridine rings is 1. The van der Waals surface area contributed by atoms with E-state index in [2.05, 4.69) is 15.6 Å². The first-order valence-corrected chi connectivity index (χ1v) is 7.45. The average molecular weight is 299 g/mol. The van der Waals surface area contributed by atoms with E-state index in [1.165, 1.54) is 11.8 Å². The van der Waals surface area contributed by atoms with Crippen molar-refractivity contribution < 1.29 is 9.59 Å². The lowest BCUT2D eigenvalue weighted by atomic mass is 10.1. The minimum absolute atomic E-state index is 0.0400. The molecule has 2 aromatic rings. The van der Waals surface area contributed by atoms with Gasteiger partial charge < -0.3 is 10.6 Å². The maximum Gasteiger partial charge on any atom is 0.251 e. The van der Waals surface area contributed by atoms with Gasteiger partial charge in [-0.25, -0.2) is 0 Å². The highest BCUT2D eigenvalue weighted by Crippen LogP contribution is 2.31. The molecule has 2 amide bonds. The van der Waals surface area contributed by atoms with Gasteiger partial charge in [-0.15, -0.1) is 11.8 Å². The van der Waals surface area contributed by atoms with E-state index in [4.69, 9.17) is 0 Å². The topological polar surface area (TPSA) is 71.1 Å². The number of anilines is 1. The molecule has 0 atom stereocenters. The van der Waals surface area contributed by atoms with Gasteiger partial charge in [0.15, 0.2) is 0 Å². The molecule has 0 unspecified atom stereocenters. The molecule has 2 heterocycles. The summed E-state index contributed by atoms with van der Waals surface area (Å²) in [6.07, 6.45) is 3.38. The Bertz CT molecular complexity index is 689. The molecule has 1 aromatic heterocycles. The smallest absolute Gasteiger partial charge is 0.251 e. The zero-order valence-corrected chi connectivity index (χ0v) is 11.9. The van der Waals surface area contributed by atoms with Crippen molar-refractivity contribution in [1.29, 1.82) is 0 Å². The van der Waals surface area contributed by atoms with E-state index in [0.717, 1.165) is 10.5 Å². The first-order chi connectivity index (χ1) is 10.2. The number of rotatable bonds is 3. The summed E-state index contributed by atoms with van der Waals surface area (Å²) in [5, 5.41) is 5.63. The van der Waals surface area contributed by atoms with E-state index >= 15 is 0 Å². The summed E-state index contributed by atoms with van der Waals surface area (Å²) in [5.74, 6) is 0.210. The normalized spacial score (nSPS) is 13.2. The number of amides is 2. The summed E-state index contributed by atoms with van der Waals surface area (Å²) in [6.45, 7) is 0.444. The molecule has 6 heteroatoms. The van der Waals surface area contributed by atoms with Crippen molar-refractivity contribution in [3.05, 3.63) is 53.9 Å².